The monoisotopic (exact) mass is 247 g/mol. The van der Waals surface area contributed by atoms with Crippen molar-refractivity contribution >= 4 is 11.4 Å². The van der Waals surface area contributed by atoms with Crippen molar-refractivity contribution in [3.63, 3.8) is 0 Å². The van der Waals surface area contributed by atoms with Gasteiger partial charge in [0.1, 0.15) is 0 Å². The van der Waals surface area contributed by atoms with Crippen molar-refractivity contribution in [1.82, 2.24) is 5.32 Å². The number of hydrogen-bond donors (Lipinski definition) is 1. The van der Waals surface area contributed by atoms with E-state index in [0.717, 1.165) is 19.6 Å². The summed E-state index contributed by atoms with van der Waals surface area (Å²) in [6.45, 7) is 9.94. The van der Waals surface area contributed by atoms with Gasteiger partial charge in [-0.05, 0) is 19.1 Å². The zero-order chi connectivity index (χ0) is 13.1. The second-order valence-electron chi connectivity index (χ2n) is 5.52. The average Bonchev–Trinajstić information content (AvgIpc) is 2.37. The lowest BCUT2D eigenvalue weighted by Gasteiger charge is -2.40. The Labute approximate surface area is 111 Å². The molecule has 0 saturated heterocycles. The standard InChI is InChI=1S/C15H25N3/c1-12(2)16-11-13(3)18-10-9-17(4)14-7-5-6-8-15(14)18/h5-8,12-13,16H,9-11H2,1-4H3. The molecule has 100 valence electrons. The van der Waals surface area contributed by atoms with Gasteiger partial charge in [-0.15, -0.1) is 0 Å². The van der Waals surface area contributed by atoms with Crippen LogP contribution in [0.25, 0.3) is 0 Å². The zero-order valence-electron chi connectivity index (χ0n) is 12.0. The Morgan fingerprint density at radius 1 is 1.11 bits per heavy atom. The fraction of sp³-hybridized carbons (Fsp3) is 0.600. The lowest BCUT2D eigenvalue weighted by atomic mass is 10.1. The number of hydrogen-bond acceptors (Lipinski definition) is 3. The van der Waals surface area contributed by atoms with E-state index in [-0.39, 0.29) is 0 Å². The first-order valence-electron chi connectivity index (χ1n) is 6.89. The summed E-state index contributed by atoms with van der Waals surface area (Å²) in [5.74, 6) is 0. The van der Waals surface area contributed by atoms with Gasteiger partial charge in [-0.25, -0.2) is 0 Å². The minimum atomic E-state index is 0.530. The first-order valence-corrected chi connectivity index (χ1v) is 6.89. The summed E-state index contributed by atoms with van der Waals surface area (Å²) in [6.07, 6.45) is 0. The van der Waals surface area contributed by atoms with Crippen LogP contribution >= 0.6 is 0 Å². The Bertz CT molecular complexity index is 389. The van der Waals surface area contributed by atoms with E-state index in [4.69, 9.17) is 0 Å². The molecule has 2 rings (SSSR count). The maximum absolute atomic E-state index is 3.53. The molecule has 1 aliphatic rings. The molecule has 0 radical (unpaired) electrons. The van der Waals surface area contributed by atoms with Crippen molar-refractivity contribution in [2.24, 2.45) is 0 Å². The normalized spacial score (nSPS) is 16.9. The summed E-state index contributed by atoms with van der Waals surface area (Å²) in [7, 11) is 2.17. The molecule has 0 amide bonds. The van der Waals surface area contributed by atoms with Gasteiger partial charge in [-0.3, -0.25) is 0 Å². The smallest absolute Gasteiger partial charge is 0.0607 e. The van der Waals surface area contributed by atoms with Gasteiger partial charge in [-0.2, -0.15) is 0 Å². The van der Waals surface area contributed by atoms with Gasteiger partial charge in [0.25, 0.3) is 0 Å². The number of fused-ring (bicyclic) bond motifs is 1. The van der Waals surface area contributed by atoms with Crippen molar-refractivity contribution in [1.29, 1.82) is 0 Å². The molecule has 1 aliphatic heterocycles. The maximum Gasteiger partial charge on any atom is 0.0607 e. The van der Waals surface area contributed by atoms with Crippen molar-refractivity contribution < 1.29 is 0 Å². The van der Waals surface area contributed by atoms with Crippen molar-refractivity contribution in [2.75, 3.05) is 36.5 Å². The van der Waals surface area contributed by atoms with E-state index in [1.54, 1.807) is 0 Å². The van der Waals surface area contributed by atoms with Crippen LogP contribution in [-0.2, 0) is 0 Å². The van der Waals surface area contributed by atoms with Crippen LogP contribution < -0.4 is 15.1 Å². The highest BCUT2D eigenvalue weighted by Gasteiger charge is 2.23. The Morgan fingerprint density at radius 2 is 1.78 bits per heavy atom. The number of benzene rings is 1. The second-order valence-corrected chi connectivity index (χ2v) is 5.52. The van der Waals surface area contributed by atoms with Crippen molar-refractivity contribution in [2.45, 2.75) is 32.9 Å². The number of nitrogens with one attached hydrogen (secondary N) is 1. The van der Waals surface area contributed by atoms with E-state index in [9.17, 15) is 0 Å². The minimum absolute atomic E-state index is 0.530. The van der Waals surface area contributed by atoms with Crippen LogP contribution in [0.2, 0.25) is 0 Å². The molecule has 0 fully saturated rings. The molecule has 0 aliphatic carbocycles. The lowest BCUT2D eigenvalue weighted by Crippen LogP contribution is -2.48. The number of anilines is 2. The predicted molar refractivity (Wildman–Crippen MR) is 79.7 cm³/mol. The van der Waals surface area contributed by atoms with E-state index >= 15 is 0 Å². The van der Waals surface area contributed by atoms with Crippen LogP contribution in [0.5, 0.6) is 0 Å². The average molecular weight is 247 g/mol. The minimum Gasteiger partial charge on any atom is -0.371 e. The summed E-state index contributed by atoms with van der Waals surface area (Å²) in [6, 6.07) is 9.78. The molecule has 1 aromatic carbocycles. The zero-order valence-corrected chi connectivity index (χ0v) is 12.0. The Hall–Kier alpha value is -1.22. The summed E-state index contributed by atoms with van der Waals surface area (Å²) in [5, 5.41) is 3.53. The van der Waals surface area contributed by atoms with Gasteiger partial charge in [0.05, 0.1) is 11.4 Å². The topological polar surface area (TPSA) is 18.5 Å². The van der Waals surface area contributed by atoms with Gasteiger partial charge in [0.15, 0.2) is 0 Å². The van der Waals surface area contributed by atoms with Gasteiger partial charge in [-0.1, -0.05) is 26.0 Å². The van der Waals surface area contributed by atoms with Gasteiger partial charge in [0, 0.05) is 38.8 Å². The fourth-order valence-electron chi connectivity index (χ4n) is 2.50. The van der Waals surface area contributed by atoms with Crippen LogP contribution in [0.3, 0.4) is 0 Å². The third-order valence-corrected chi connectivity index (χ3v) is 3.63. The van der Waals surface area contributed by atoms with E-state index in [2.05, 4.69) is 67.2 Å². The first-order chi connectivity index (χ1) is 8.59. The van der Waals surface area contributed by atoms with E-state index in [0.29, 0.717) is 12.1 Å². The summed E-state index contributed by atoms with van der Waals surface area (Å²) >= 11 is 0. The number of rotatable bonds is 4. The van der Waals surface area contributed by atoms with Crippen LogP contribution in [0.15, 0.2) is 24.3 Å². The molecule has 0 bridgehead atoms. The molecule has 3 nitrogen and oxygen atoms in total. The third kappa shape index (κ3) is 2.78. The van der Waals surface area contributed by atoms with Crippen LogP contribution in [0.1, 0.15) is 20.8 Å². The Morgan fingerprint density at radius 3 is 2.44 bits per heavy atom. The molecule has 1 heterocycles. The second kappa shape index (κ2) is 5.61. The molecule has 0 aromatic heterocycles. The highest BCUT2D eigenvalue weighted by Crippen LogP contribution is 2.32. The molecular formula is C15H25N3. The summed E-state index contributed by atoms with van der Waals surface area (Å²) in [4.78, 5) is 4.86. The first kappa shape index (κ1) is 13.2. The number of para-hydroxylation sites is 2. The fourth-order valence-corrected chi connectivity index (χ4v) is 2.50. The maximum atomic E-state index is 3.53. The number of likely N-dealkylation sites (N-methyl/N-ethyl adjacent to an activating group) is 1. The molecule has 1 N–H and O–H groups in total. The predicted octanol–water partition coefficient (Wildman–Crippen LogP) is 2.33. The molecule has 1 aromatic rings. The molecular weight excluding hydrogens is 222 g/mol. The van der Waals surface area contributed by atoms with Crippen molar-refractivity contribution in [3.05, 3.63) is 24.3 Å². The van der Waals surface area contributed by atoms with Gasteiger partial charge < -0.3 is 15.1 Å². The van der Waals surface area contributed by atoms with Crippen LogP contribution in [0, 0.1) is 0 Å². The largest absolute Gasteiger partial charge is 0.371 e. The lowest BCUT2D eigenvalue weighted by molar-refractivity contribution is 0.513. The SMILES string of the molecule is CC(C)NCC(C)N1CCN(C)c2ccccc21. The summed E-state index contributed by atoms with van der Waals surface area (Å²) in [5.41, 5.74) is 2.71. The number of nitrogens with zero attached hydrogens (tertiary/aromatic N) is 2. The van der Waals surface area contributed by atoms with E-state index < -0.39 is 0 Å². The highest BCUT2D eigenvalue weighted by atomic mass is 15.3. The molecule has 1 unspecified atom stereocenters. The van der Waals surface area contributed by atoms with E-state index in [1.807, 2.05) is 0 Å². The Balaban J connectivity index is 2.13. The van der Waals surface area contributed by atoms with Gasteiger partial charge >= 0.3 is 0 Å². The summed E-state index contributed by atoms with van der Waals surface area (Å²) < 4.78 is 0. The van der Waals surface area contributed by atoms with E-state index in [1.165, 1.54) is 11.4 Å². The quantitative estimate of drug-likeness (QED) is 0.881. The van der Waals surface area contributed by atoms with Crippen LogP contribution in [-0.4, -0.2) is 38.8 Å². The Kier molecular flexibility index (Phi) is 4.12. The molecule has 3 heteroatoms. The third-order valence-electron chi connectivity index (χ3n) is 3.63. The molecule has 18 heavy (non-hydrogen) atoms. The highest BCUT2D eigenvalue weighted by molar-refractivity contribution is 5.73. The molecule has 1 atom stereocenters. The molecule has 0 spiro atoms. The van der Waals surface area contributed by atoms with Crippen molar-refractivity contribution in [3.8, 4) is 0 Å². The molecule has 0 saturated carbocycles. The van der Waals surface area contributed by atoms with Crippen LogP contribution in [0.4, 0.5) is 11.4 Å². The van der Waals surface area contributed by atoms with Gasteiger partial charge in [0.2, 0.25) is 0 Å².